The van der Waals surface area contributed by atoms with Crippen molar-refractivity contribution in [1.29, 1.82) is 0 Å². The van der Waals surface area contributed by atoms with Crippen LogP contribution in [0.1, 0.15) is 30.6 Å². The molecule has 0 radical (unpaired) electrons. The van der Waals surface area contributed by atoms with Crippen LogP contribution in [0.15, 0.2) is 30.9 Å². The number of ether oxygens (including phenoxy) is 1. The van der Waals surface area contributed by atoms with Crippen LogP contribution in [0.2, 0.25) is 0 Å². The lowest BCUT2D eigenvalue weighted by molar-refractivity contribution is -0.111. The number of para-hydroxylation sites is 1. The predicted octanol–water partition coefficient (Wildman–Crippen LogP) is 2.55. The van der Waals surface area contributed by atoms with Gasteiger partial charge in [0, 0.05) is 0 Å². The Balaban J connectivity index is 2.46. The van der Waals surface area contributed by atoms with Gasteiger partial charge in [-0.25, -0.2) is 0 Å². The van der Waals surface area contributed by atoms with Crippen molar-refractivity contribution in [3.8, 4) is 5.75 Å². The first-order valence-electron chi connectivity index (χ1n) is 5.71. The maximum Gasteiger partial charge on any atom is 0.247 e. The van der Waals surface area contributed by atoms with E-state index in [-0.39, 0.29) is 11.7 Å². The molecule has 18 heavy (non-hydrogen) atoms. The molecule has 0 aromatic heterocycles. The van der Waals surface area contributed by atoms with Gasteiger partial charge in [0.25, 0.3) is 0 Å². The highest BCUT2D eigenvalue weighted by Crippen LogP contribution is 2.38. The summed E-state index contributed by atoms with van der Waals surface area (Å²) >= 11 is 0. The molecule has 0 unspecified atom stereocenters. The van der Waals surface area contributed by atoms with E-state index in [2.05, 4.69) is 11.9 Å². The minimum atomic E-state index is -0.556. The van der Waals surface area contributed by atoms with E-state index in [0.717, 1.165) is 0 Å². The third-order valence-electron chi connectivity index (χ3n) is 2.72. The van der Waals surface area contributed by atoms with Crippen LogP contribution in [-0.2, 0) is 4.79 Å². The van der Waals surface area contributed by atoms with Crippen molar-refractivity contribution in [2.45, 2.75) is 25.9 Å². The highest BCUT2D eigenvalue weighted by molar-refractivity contribution is 6.05. The molecule has 1 aromatic rings. The minimum Gasteiger partial charge on any atom is -0.484 e. The van der Waals surface area contributed by atoms with Crippen molar-refractivity contribution >= 4 is 17.4 Å². The molecule has 0 atom stereocenters. The standard InChI is InChI=1S/C14H15NO3/c1-4-12(17)15-10-7-5-6-9-11(16)8-14(2,3)18-13(9)10/h4-7H,1,8H2,2-3H3,(H,15,17). The summed E-state index contributed by atoms with van der Waals surface area (Å²) in [4.78, 5) is 23.3. The van der Waals surface area contributed by atoms with Gasteiger partial charge in [0.05, 0.1) is 17.7 Å². The summed E-state index contributed by atoms with van der Waals surface area (Å²) in [6.45, 7) is 7.09. The van der Waals surface area contributed by atoms with Crippen molar-refractivity contribution in [2.24, 2.45) is 0 Å². The lowest BCUT2D eigenvalue weighted by Crippen LogP contribution is -2.36. The van der Waals surface area contributed by atoms with Gasteiger partial charge in [-0.3, -0.25) is 9.59 Å². The highest BCUT2D eigenvalue weighted by Gasteiger charge is 2.33. The van der Waals surface area contributed by atoms with Crippen LogP contribution in [0.5, 0.6) is 5.75 Å². The third kappa shape index (κ3) is 2.27. The van der Waals surface area contributed by atoms with Gasteiger partial charge in [0.1, 0.15) is 5.60 Å². The van der Waals surface area contributed by atoms with E-state index in [0.29, 0.717) is 23.4 Å². The molecule has 1 amide bonds. The van der Waals surface area contributed by atoms with Gasteiger partial charge in [-0.15, -0.1) is 0 Å². The Labute approximate surface area is 106 Å². The number of hydrogen-bond acceptors (Lipinski definition) is 3. The van der Waals surface area contributed by atoms with E-state index in [1.807, 2.05) is 13.8 Å². The van der Waals surface area contributed by atoms with E-state index in [1.165, 1.54) is 6.08 Å². The van der Waals surface area contributed by atoms with E-state index in [1.54, 1.807) is 18.2 Å². The summed E-state index contributed by atoms with van der Waals surface area (Å²) in [5.74, 6) is 0.132. The van der Waals surface area contributed by atoms with Crippen LogP contribution in [-0.4, -0.2) is 17.3 Å². The SMILES string of the molecule is C=CC(=O)Nc1cccc2c1OC(C)(C)CC2=O. The quantitative estimate of drug-likeness (QED) is 0.815. The second kappa shape index (κ2) is 4.29. The maximum atomic E-state index is 12.0. The lowest BCUT2D eigenvalue weighted by atomic mass is 9.92. The first-order chi connectivity index (χ1) is 8.43. The molecule has 0 bridgehead atoms. The largest absolute Gasteiger partial charge is 0.484 e. The van der Waals surface area contributed by atoms with E-state index >= 15 is 0 Å². The predicted molar refractivity (Wildman–Crippen MR) is 68.9 cm³/mol. The molecule has 1 aliphatic heterocycles. The van der Waals surface area contributed by atoms with Gasteiger partial charge in [-0.2, -0.15) is 0 Å². The fourth-order valence-corrected chi connectivity index (χ4v) is 1.94. The number of nitrogens with one attached hydrogen (secondary N) is 1. The first-order valence-corrected chi connectivity index (χ1v) is 5.71. The number of fused-ring (bicyclic) bond motifs is 1. The zero-order valence-electron chi connectivity index (χ0n) is 10.4. The van der Waals surface area contributed by atoms with Crippen LogP contribution in [0.4, 0.5) is 5.69 Å². The fourth-order valence-electron chi connectivity index (χ4n) is 1.94. The van der Waals surface area contributed by atoms with Gasteiger partial charge < -0.3 is 10.1 Å². The molecule has 4 heteroatoms. The van der Waals surface area contributed by atoms with Gasteiger partial charge in [-0.05, 0) is 32.1 Å². The van der Waals surface area contributed by atoms with Crippen molar-refractivity contribution in [2.75, 3.05) is 5.32 Å². The summed E-state index contributed by atoms with van der Waals surface area (Å²) in [6, 6.07) is 5.13. The fraction of sp³-hybridized carbons (Fsp3) is 0.286. The molecule has 4 nitrogen and oxygen atoms in total. The number of ketones is 1. The van der Waals surface area contributed by atoms with Gasteiger partial charge in [-0.1, -0.05) is 12.6 Å². The molecule has 0 saturated carbocycles. The number of carbonyl (C=O) groups excluding carboxylic acids is 2. The number of amides is 1. The van der Waals surface area contributed by atoms with Gasteiger partial charge in [0.2, 0.25) is 5.91 Å². The van der Waals surface area contributed by atoms with Crippen molar-refractivity contribution in [3.63, 3.8) is 0 Å². The molecular formula is C14H15NO3. The average Bonchev–Trinajstić information content (AvgIpc) is 2.29. The highest BCUT2D eigenvalue weighted by atomic mass is 16.5. The monoisotopic (exact) mass is 245 g/mol. The summed E-state index contributed by atoms with van der Waals surface area (Å²) in [7, 11) is 0. The van der Waals surface area contributed by atoms with Gasteiger partial charge >= 0.3 is 0 Å². The second-order valence-corrected chi connectivity index (χ2v) is 4.84. The first kappa shape index (κ1) is 12.4. The number of hydrogen-bond donors (Lipinski definition) is 1. The molecule has 2 rings (SSSR count). The van der Waals surface area contributed by atoms with Crippen LogP contribution >= 0.6 is 0 Å². The summed E-state index contributed by atoms with van der Waals surface area (Å²) in [6.07, 6.45) is 1.51. The van der Waals surface area contributed by atoms with Gasteiger partial charge in [0.15, 0.2) is 11.5 Å². The molecule has 0 spiro atoms. The average molecular weight is 245 g/mol. The maximum absolute atomic E-state index is 12.0. The van der Waals surface area contributed by atoms with Crippen LogP contribution in [0.3, 0.4) is 0 Å². The molecule has 1 aromatic carbocycles. The number of Topliss-reactive ketones (excluding diaryl/α,β-unsaturated/α-hetero) is 1. The summed E-state index contributed by atoms with van der Waals surface area (Å²) in [5, 5.41) is 2.64. The molecule has 0 aliphatic carbocycles. The Bertz CT molecular complexity index is 532. The Hall–Kier alpha value is -2.10. The second-order valence-electron chi connectivity index (χ2n) is 4.84. The Morgan fingerprint density at radius 3 is 2.89 bits per heavy atom. The van der Waals surface area contributed by atoms with E-state index < -0.39 is 5.60 Å². The normalized spacial score (nSPS) is 16.4. The molecule has 1 N–H and O–H groups in total. The molecule has 1 aliphatic rings. The Morgan fingerprint density at radius 1 is 1.50 bits per heavy atom. The molecular weight excluding hydrogens is 230 g/mol. The van der Waals surface area contributed by atoms with E-state index in [4.69, 9.17) is 4.74 Å². The number of rotatable bonds is 2. The third-order valence-corrected chi connectivity index (χ3v) is 2.72. The zero-order valence-corrected chi connectivity index (χ0v) is 10.4. The number of benzene rings is 1. The van der Waals surface area contributed by atoms with Crippen molar-refractivity contribution in [1.82, 2.24) is 0 Å². The van der Waals surface area contributed by atoms with E-state index in [9.17, 15) is 9.59 Å². The number of anilines is 1. The molecule has 1 heterocycles. The Kier molecular flexibility index (Phi) is 2.95. The smallest absolute Gasteiger partial charge is 0.247 e. The summed E-state index contributed by atoms with van der Waals surface area (Å²) in [5.41, 5.74) is 0.453. The topological polar surface area (TPSA) is 55.4 Å². The molecule has 0 saturated heterocycles. The summed E-state index contributed by atoms with van der Waals surface area (Å²) < 4.78 is 5.80. The lowest BCUT2D eigenvalue weighted by Gasteiger charge is -2.32. The molecule has 94 valence electrons. The van der Waals surface area contributed by atoms with Crippen LogP contribution in [0, 0.1) is 0 Å². The van der Waals surface area contributed by atoms with Crippen molar-refractivity contribution < 1.29 is 14.3 Å². The number of carbonyl (C=O) groups is 2. The zero-order chi connectivity index (χ0) is 13.3. The van der Waals surface area contributed by atoms with Crippen molar-refractivity contribution in [3.05, 3.63) is 36.4 Å². The minimum absolute atomic E-state index is 0.0240. The Morgan fingerprint density at radius 2 is 2.22 bits per heavy atom. The van der Waals surface area contributed by atoms with Crippen LogP contribution < -0.4 is 10.1 Å². The van der Waals surface area contributed by atoms with Crippen LogP contribution in [0.25, 0.3) is 0 Å². The molecule has 0 fully saturated rings.